The topological polar surface area (TPSA) is 12.0 Å². The summed E-state index contributed by atoms with van der Waals surface area (Å²) in [5.41, 5.74) is 0.892. The number of benzene rings is 1. The number of nitrogens with one attached hydrogen (secondary N) is 1. The van der Waals surface area contributed by atoms with E-state index in [1.807, 2.05) is 19.9 Å². The lowest BCUT2D eigenvalue weighted by atomic mass is 10.1. The SMILES string of the molecule is CCCCNC(F)(F)c1cccc(C)c1. The van der Waals surface area contributed by atoms with E-state index in [2.05, 4.69) is 5.32 Å². The lowest BCUT2D eigenvalue weighted by Gasteiger charge is -2.18. The largest absolute Gasteiger partial charge is 0.329 e. The Bertz CT molecular complexity index is 310. The van der Waals surface area contributed by atoms with Gasteiger partial charge in [-0.1, -0.05) is 37.1 Å². The molecule has 0 saturated carbocycles. The number of rotatable bonds is 5. The van der Waals surface area contributed by atoms with Crippen molar-refractivity contribution < 1.29 is 8.78 Å². The maximum atomic E-state index is 13.5. The molecule has 1 rings (SSSR count). The summed E-state index contributed by atoms with van der Waals surface area (Å²) >= 11 is 0. The van der Waals surface area contributed by atoms with Gasteiger partial charge in [0.15, 0.2) is 0 Å². The molecule has 3 heteroatoms. The molecule has 1 N–H and O–H groups in total. The van der Waals surface area contributed by atoms with Crippen LogP contribution in [0.15, 0.2) is 24.3 Å². The summed E-state index contributed by atoms with van der Waals surface area (Å²) in [7, 11) is 0. The molecular formula is C12H17F2N. The zero-order chi connectivity index (χ0) is 11.3. The van der Waals surface area contributed by atoms with E-state index < -0.39 is 6.05 Å². The van der Waals surface area contributed by atoms with E-state index in [1.165, 1.54) is 12.1 Å². The van der Waals surface area contributed by atoms with Crippen LogP contribution in [0.5, 0.6) is 0 Å². The van der Waals surface area contributed by atoms with Crippen LogP contribution >= 0.6 is 0 Å². The fraction of sp³-hybridized carbons (Fsp3) is 0.500. The molecule has 0 aliphatic carbocycles. The molecule has 1 aromatic carbocycles. The minimum atomic E-state index is -2.92. The van der Waals surface area contributed by atoms with Crippen LogP contribution in [-0.2, 0) is 6.05 Å². The number of halogens is 2. The monoisotopic (exact) mass is 213 g/mol. The van der Waals surface area contributed by atoms with Gasteiger partial charge in [-0.2, -0.15) is 8.78 Å². The fourth-order valence-corrected chi connectivity index (χ4v) is 1.36. The summed E-state index contributed by atoms with van der Waals surface area (Å²) in [6.45, 7) is 4.13. The van der Waals surface area contributed by atoms with Crippen molar-refractivity contribution in [1.82, 2.24) is 5.32 Å². The molecule has 0 saturated heterocycles. The maximum absolute atomic E-state index is 13.5. The average Bonchev–Trinajstić information content (AvgIpc) is 2.18. The van der Waals surface area contributed by atoms with Gasteiger partial charge < -0.3 is 0 Å². The van der Waals surface area contributed by atoms with Gasteiger partial charge in [0, 0.05) is 12.1 Å². The molecule has 0 aliphatic heterocycles. The Morgan fingerprint density at radius 3 is 2.67 bits per heavy atom. The molecule has 0 spiro atoms. The second kappa shape index (κ2) is 5.21. The fourth-order valence-electron chi connectivity index (χ4n) is 1.36. The summed E-state index contributed by atoms with van der Waals surface area (Å²) in [5.74, 6) is 0. The summed E-state index contributed by atoms with van der Waals surface area (Å²) in [6, 6.07) is 3.51. The average molecular weight is 213 g/mol. The van der Waals surface area contributed by atoms with Gasteiger partial charge in [0.2, 0.25) is 0 Å². The van der Waals surface area contributed by atoms with Gasteiger partial charge in [0.25, 0.3) is 0 Å². The highest BCUT2D eigenvalue weighted by atomic mass is 19.3. The highest BCUT2D eigenvalue weighted by Gasteiger charge is 2.30. The summed E-state index contributed by atoms with van der Waals surface area (Å²) in [6.07, 6.45) is 1.68. The molecule has 15 heavy (non-hydrogen) atoms. The molecule has 0 aromatic heterocycles. The Morgan fingerprint density at radius 2 is 2.07 bits per heavy atom. The van der Waals surface area contributed by atoms with E-state index in [9.17, 15) is 8.78 Å². The van der Waals surface area contributed by atoms with E-state index >= 15 is 0 Å². The molecule has 1 nitrogen and oxygen atoms in total. The first kappa shape index (κ1) is 12.1. The highest BCUT2D eigenvalue weighted by molar-refractivity contribution is 5.25. The minimum Gasteiger partial charge on any atom is -0.254 e. The van der Waals surface area contributed by atoms with Crippen molar-refractivity contribution in [3.8, 4) is 0 Å². The van der Waals surface area contributed by atoms with Gasteiger partial charge >= 0.3 is 6.05 Å². The van der Waals surface area contributed by atoms with Gasteiger partial charge in [0.05, 0.1) is 0 Å². The van der Waals surface area contributed by atoms with E-state index in [0.717, 1.165) is 18.4 Å². The predicted molar refractivity (Wildman–Crippen MR) is 58.0 cm³/mol. The van der Waals surface area contributed by atoms with Crippen LogP contribution in [0.25, 0.3) is 0 Å². The molecule has 1 aromatic rings. The van der Waals surface area contributed by atoms with Crippen LogP contribution < -0.4 is 5.32 Å². The third-order valence-electron chi connectivity index (χ3n) is 2.26. The normalized spacial score (nSPS) is 11.7. The number of aryl methyl sites for hydroxylation is 1. The zero-order valence-electron chi connectivity index (χ0n) is 9.19. The van der Waals surface area contributed by atoms with Crippen molar-refractivity contribution in [2.24, 2.45) is 0 Å². The standard InChI is InChI=1S/C12H17F2N/c1-3-4-8-15-12(13,14)11-7-5-6-10(2)9-11/h5-7,9,15H,3-4,8H2,1-2H3. The van der Waals surface area contributed by atoms with Gasteiger partial charge in [-0.25, -0.2) is 0 Å². The smallest absolute Gasteiger partial charge is 0.254 e. The third kappa shape index (κ3) is 3.59. The molecule has 0 radical (unpaired) electrons. The second-order valence-electron chi connectivity index (χ2n) is 3.72. The minimum absolute atomic E-state index is 0.0404. The first-order valence-corrected chi connectivity index (χ1v) is 5.26. The highest BCUT2D eigenvalue weighted by Crippen LogP contribution is 2.25. The van der Waals surface area contributed by atoms with Crippen molar-refractivity contribution >= 4 is 0 Å². The van der Waals surface area contributed by atoms with Crippen molar-refractivity contribution in [2.45, 2.75) is 32.7 Å². The van der Waals surface area contributed by atoms with Gasteiger partial charge in [0.1, 0.15) is 0 Å². The summed E-state index contributed by atoms with van der Waals surface area (Å²) < 4.78 is 27.1. The van der Waals surface area contributed by atoms with Crippen molar-refractivity contribution in [3.05, 3.63) is 35.4 Å². The van der Waals surface area contributed by atoms with E-state index in [4.69, 9.17) is 0 Å². The van der Waals surface area contributed by atoms with E-state index in [1.54, 1.807) is 6.07 Å². The first-order valence-electron chi connectivity index (χ1n) is 5.26. The van der Waals surface area contributed by atoms with Crippen LogP contribution in [0.2, 0.25) is 0 Å². The predicted octanol–water partition coefficient (Wildman–Crippen LogP) is 3.43. The molecule has 0 unspecified atom stereocenters. The third-order valence-corrected chi connectivity index (χ3v) is 2.26. The molecule has 0 bridgehead atoms. The van der Waals surface area contributed by atoms with Crippen LogP contribution in [0.1, 0.15) is 30.9 Å². The number of alkyl halides is 2. The Balaban J connectivity index is 2.67. The molecule has 0 heterocycles. The van der Waals surface area contributed by atoms with Gasteiger partial charge in [-0.3, -0.25) is 5.32 Å². The second-order valence-corrected chi connectivity index (χ2v) is 3.72. The van der Waals surface area contributed by atoms with E-state index in [-0.39, 0.29) is 5.56 Å². The van der Waals surface area contributed by atoms with Crippen LogP contribution in [0.4, 0.5) is 8.78 Å². The molecule has 0 fully saturated rings. The quantitative estimate of drug-likeness (QED) is 0.583. The number of hydrogen-bond donors (Lipinski definition) is 1. The lowest BCUT2D eigenvalue weighted by molar-refractivity contribution is -0.0411. The number of unbranched alkanes of at least 4 members (excludes halogenated alkanes) is 1. The van der Waals surface area contributed by atoms with Crippen molar-refractivity contribution in [3.63, 3.8) is 0 Å². The van der Waals surface area contributed by atoms with Crippen molar-refractivity contribution in [2.75, 3.05) is 6.54 Å². The van der Waals surface area contributed by atoms with Crippen molar-refractivity contribution in [1.29, 1.82) is 0 Å². The Hall–Kier alpha value is -0.960. The van der Waals surface area contributed by atoms with Crippen LogP contribution in [0.3, 0.4) is 0 Å². The zero-order valence-corrected chi connectivity index (χ0v) is 9.19. The Kier molecular flexibility index (Phi) is 4.21. The van der Waals surface area contributed by atoms with Gasteiger partial charge in [-0.15, -0.1) is 0 Å². The Morgan fingerprint density at radius 1 is 1.33 bits per heavy atom. The molecular weight excluding hydrogens is 196 g/mol. The lowest BCUT2D eigenvalue weighted by Crippen LogP contribution is -2.34. The maximum Gasteiger partial charge on any atom is 0.329 e. The van der Waals surface area contributed by atoms with E-state index in [0.29, 0.717) is 6.54 Å². The van der Waals surface area contributed by atoms with Crippen LogP contribution in [0, 0.1) is 6.92 Å². The van der Waals surface area contributed by atoms with Crippen LogP contribution in [-0.4, -0.2) is 6.54 Å². The Labute approximate surface area is 89.5 Å². The number of hydrogen-bond acceptors (Lipinski definition) is 1. The molecule has 0 aliphatic rings. The van der Waals surface area contributed by atoms with Gasteiger partial charge in [-0.05, 0) is 19.4 Å². The molecule has 84 valence electrons. The summed E-state index contributed by atoms with van der Waals surface area (Å²) in [4.78, 5) is 0. The first-order chi connectivity index (χ1) is 7.06. The molecule has 0 atom stereocenters. The summed E-state index contributed by atoms with van der Waals surface area (Å²) in [5, 5.41) is 2.27. The molecule has 0 amide bonds.